The zero-order valence-electron chi connectivity index (χ0n) is 20.1. The number of nitrogens with one attached hydrogen (secondary N) is 3. The van der Waals surface area contributed by atoms with E-state index in [0.29, 0.717) is 31.2 Å². The molecule has 3 N–H and O–H groups in total. The number of urea groups is 1. The van der Waals surface area contributed by atoms with Crippen LogP contribution in [0.1, 0.15) is 50.3 Å². The van der Waals surface area contributed by atoms with Gasteiger partial charge in [0.25, 0.3) is 5.91 Å². The van der Waals surface area contributed by atoms with E-state index >= 15 is 0 Å². The second-order valence-corrected chi connectivity index (χ2v) is 9.29. The van der Waals surface area contributed by atoms with Crippen molar-refractivity contribution in [1.29, 1.82) is 0 Å². The van der Waals surface area contributed by atoms with Crippen LogP contribution < -0.4 is 16.0 Å². The lowest BCUT2D eigenvalue weighted by Crippen LogP contribution is -2.53. The van der Waals surface area contributed by atoms with Crippen LogP contribution in [0.25, 0.3) is 11.4 Å². The molecule has 0 saturated heterocycles. The maximum atomic E-state index is 13.4. The van der Waals surface area contributed by atoms with Gasteiger partial charge < -0.3 is 25.4 Å². The van der Waals surface area contributed by atoms with E-state index in [-0.39, 0.29) is 24.2 Å². The second kappa shape index (κ2) is 10.1. The fourth-order valence-corrected chi connectivity index (χ4v) is 3.89. The van der Waals surface area contributed by atoms with Gasteiger partial charge in [-0.2, -0.15) is 0 Å². The van der Waals surface area contributed by atoms with Gasteiger partial charge in [0, 0.05) is 32.2 Å². The Bertz CT molecular complexity index is 1010. The van der Waals surface area contributed by atoms with Crippen molar-refractivity contribution in [2.75, 3.05) is 20.1 Å². The van der Waals surface area contributed by atoms with Crippen molar-refractivity contribution in [3.05, 3.63) is 41.7 Å². The van der Waals surface area contributed by atoms with Crippen molar-refractivity contribution in [3.63, 3.8) is 0 Å². The van der Waals surface area contributed by atoms with Gasteiger partial charge in [-0.15, -0.1) is 0 Å². The first-order chi connectivity index (χ1) is 15.7. The number of aromatic nitrogens is 2. The molecule has 0 aliphatic carbocycles. The molecule has 178 valence electrons. The van der Waals surface area contributed by atoms with E-state index in [1.165, 1.54) is 0 Å². The Kier molecular flexibility index (Phi) is 7.40. The lowest BCUT2D eigenvalue weighted by atomic mass is 9.86. The van der Waals surface area contributed by atoms with Crippen LogP contribution in [0.15, 0.2) is 30.3 Å². The van der Waals surface area contributed by atoms with Gasteiger partial charge >= 0.3 is 6.03 Å². The smallest absolute Gasteiger partial charge is 0.317 e. The van der Waals surface area contributed by atoms with E-state index in [2.05, 4.69) is 16.0 Å². The third kappa shape index (κ3) is 5.35. The normalized spacial score (nSPS) is 14.3. The summed E-state index contributed by atoms with van der Waals surface area (Å²) >= 11 is 0. The molecule has 2 aromatic rings. The van der Waals surface area contributed by atoms with Gasteiger partial charge in [-0.3, -0.25) is 9.59 Å². The summed E-state index contributed by atoms with van der Waals surface area (Å²) in [6.45, 7) is 9.58. The number of hydrogen-bond donors (Lipinski definition) is 3. The van der Waals surface area contributed by atoms with Crippen LogP contribution in [0.2, 0.25) is 0 Å². The number of amides is 4. The molecule has 3 rings (SSSR count). The SMILES string of the molecule is CCCNC(=O)N1CCn2c(-c3ccccc3)nc(C(=O)NC(C(=O)NC)C(C)(C)C)c2C1. The Morgan fingerprint density at radius 1 is 1.12 bits per heavy atom. The molecular weight excluding hydrogens is 420 g/mol. The zero-order valence-corrected chi connectivity index (χ0v) is 20.1. The van der Waals surface area contributed by atoms with E-state index in [4.69, 9.17) is 4.98 Å². The van der Waals surface area contributed by atoms with Gasteiger partial charge in [0.1, 0.15) is 11.9 Å². The van der Waals surface area contributed by atoms with Crippen molar-refractivity contribution in [1.82, 2.24) is 30.4 Å². The Labute approximate surface area is 194 Å². The molecule has 0 saturated carbocycles. The fourth-order valence-electron chi connectivity index (χ4n) is 3.89. The predicted molar refractivity (Wildman–Crippen MR) is 127 cm³/mol. The predicted octanol–water partition coefficient (Wildman–Crippen LogP) is 2.38. The molecule has 9 heteroatoms. The lowest BCUT2D eigenvalue weighted by Gasteiger charge is -2.31. The van der Waals surface area contributed by atoms with Gasteiger partial charge in [0.05, 0.1) is 12.2 Å². The molecule has 0 fully saturated rings. The van der Waals surface area contributed by atoms with Crippen molar-refractivity contribution < 1.29 is 14.4 Å². The summed E-state index contributed by atoms with van der Waals surface area (Å²) in [4.78, 5) is 44.9. The van der Waals surface area contributed by atoms with Gasteiger partial charge in [-0.25, -0.2) is 9.78 Å². The number of hydrogen-bond acceptors (Lipinski definition) is 4. The summed E-state index contributed by atoms with van der Waals surface area (Å²) in [7, 11) is 1.55. The molecule has 9 nitrogen and oxygen atoms in total. The van der Waals surface area contributed by atoms with E-state index < -0.39 is 17.4 Å². The Hall–Kier alpha value is -3.36. The number of imidazole rings is 1. The highest BCUT2D eigenvalue weighted by atomic mass is 16.2. The monoisotopic (exact) mass is 454 g/mol. The molecule has 1 atom stereocenters. The number of fused-ring (bicyclic) bond motifs is 1. The average molecular weight is 455 g/mol. The molecule has 1 aliphatic rings. The highest BCUT2D eigenvalue weighted by molar-refractivity contribution is 5.98. The summed E-state index contributed by atoms with van der Waals surface area (Å²) in [5.41, 5.74) is 1.29. The molecule has 1 aromatic heterocycles. The topological polar surface area (TPSA) is 108 Å². The van der Waals surface area contributed by atoms with Gasteiger partial charge in [0.15, 0.2) is 5.69 Å². The maximum Gasteiger partial charge on any atom is 0.317 e. The van der Waals surface area contributed by atoms with Crippen LogP contribution >= 0.6 is 0 Å². The largest absolute Gasteiger partial charge is 0.357 e. The van der Waals surface area contributed by atoms with Crippen molar-refractivity contribution >= 4 is 17.8 Å². The molecule has 0 radical (unpaired) electrons. The quantitative estimate of drug-likeness (QED) is 0.623. The summed E-state index contributed by atoms with van der Waals surface area (Å²) < 4.78 is 2.00. The van der Waals surface area contributed by atoms with Gasteiger partial charge in [-0.05, 0) is 11.8 Å². The van der Waals surface area contributed by atoms with Crippen LogP contribution in [-0.2, 0) is 17.9 Å². The van der Waals surface area contributed by atoms with Crippen molar-refractivity contribution in [3.8, 4) is 11.4 Å². The summed E-state index contributed by atoms with van der Waals surface area (Å²) in [5.74, 6) is -0.0235. The molecule has 1 aliphatic heterocycles. The third-order valence-corrected chi connectivity index (χ3v) is 5.72. The van der Waals surface area contributed by atoms with Crippen LogP contribution in [-0.4, -0.2) is 58.5 Å². The Morgan fingerprint density at radius 2 is 1.82 bits per heavy atom. The van der Waals surface area contributed by atoms with Crippen LogP contribution in [0.3, 0.4) is 0 Å². The standard InChI is InChI=1S/C24H34N6O3/c1-6-12-26-23(33)29-13-14-30-17(15-29)18(27-20(30)16-10-8-7-9-11-16)21(31)28-19(22(32)25-5)24(2,3)4/h7-11,19H,6,12-15H2,1-5H3,(H,25,32)(H,26,33)(H,28,31). The van der Waals surface area contributed by atoms with Crippen molar-refractivity contribution in [2.24, 2.45) is 5.41 Å². The molecule has 0 bridgehead atoms. The number of likely N-dealkylation sites (N-methyl/N-ethyl adjacent to an activating group) is 1. The molecule has 33 heavy (non-hydrogen) atoms. The van der Waals surface area contributed by atoms with E-state index in [0.717, 1.165) is 12.0 Å². The minimum atomic E-state index is -0.736. The van der Waals surface area contributed by atoms with E-state index in [1.54, 1.807) is 11.9 Å². The van der Waals surface area contributed by atoms with E-state index in [1.807, 2.05) is 62.6 Å². The van der Waals surface area contributed by atoms with Gasteiger partial charge in [0.2, 0.25) is 5.91 Å². The summed E-state index contributed by atoms with van der Waals surface area (Å²) in [5, 5.41) is 8.39. The highest BCUT2D eigenvalue weighted by Gasteiger charge is 2.35. The maximum absolute atomic E-state index is 13.4. The van der Waals surface area contributed by atoms with Crippen LogP contribution in [0.5, 0.6) is 0 Å². The second-order valence-electron chi connectivity index (χ2n) is 9.29. The van der Waals surface area contributed by atoms with Crippen molar-refractivity contribution in [2.45, 2.75) is 53.2 Å². The van der Waals surface area contributed by atoms with Gasteiger partial charge in [-0.1, -0.05) is 58.0 Å². The first-order valence-electron chi connectivity index (χ1n) is 11.4. The molecular formula is C24H34N6O3. The molecule has 2 heterocycles. The highest BCUT2D eigenvalue weighted by Crippen LogP contribution is 2.27. The summed E-state index contributed by atoms with van der Waals surface area (Å²) in [6, 6.07) is 8.76. The Morgan fingerprint density at radius 3 is 2.42 bits per heavy atom. The molecule has 1 aromatic carbocycles. The third-order valence-electron chi connectivity index (χ3n) is 5.72. The number of carbonyl (C=O) groups excluding carboxylic acids is 3. The number of benzene rings is 1. The summed E-state index contributed by atoms with van der Waals surface area (Å²) in [6.07, 6.45) is 0.844. The Balaban J connectivity index is 1.99. The first kappa shape index (κ1) is 24.3. The minimum absolute atomic E-state index is 0.158. The zero-order chi connectivity index (χ0) is 24.2. The minimum Gasteiger partial charge on any atom is -0.357 e. The fraction of sp³-hybridized carbons (Fsp3) is 0.500. The van der Waals surface area contributed by atoms with Crippen LogP contribution in [0, 0.1) is 5.41 Å². The lowest BCUT2D eigenvalue weighted by molar-refractivity contribution is -0.124. The number of rotatable bonds is 6. The number of carbonyl (C=O) groups is 3. The molecule has 0 spiro atoms. The first-order valence-corrected chi connectivity index (χ1v) is 11.4. The average Bonchev–Trinajstić information content (AvgIpc) is 3.19. The van der Waals surface area contributed by atoms with Crippen LogP contribution in [0.4, 0.5) is 4.79 Å². The number of nitrogens with zero attached hydrogens (tertiary/aromatic N) is 3. The molecule has 4 amide bonds. The van der Waals surface area contributed by atoms with E-state index in [9.17, 15) is 14.4 Å². The molecule has 1 unspecified atom stereocenters.